The summed E-state index contributed by atoms with van der Waals surface area (Å²) in [4.78, 5) is 17.9. The highest BCUT2D eigenvalue weighted by atomic mass is 32.2. The number of para-hydroxylation sites is 1. The molecule has 0 aliphatic carbocycles. The van der Waals surface area contributed by atoms with Gasteiger partial charge < -0.3 is 10.4 Å². The number of nitrogens with zero attached hydrogens (tertiary/aromatic N) is 5. The van der Waals surface area contributed by atoms with E-state index in [4.69, 9.17) is 0 Å². The number of hydrogen-bond donors (Lipinski definition) is 2. The van der Waals surface area contributed by atoms with Crippen LogP contribution in [-0.4, -0.2) is 113 Å². The fourth-order valence-electron chi connectivity index (χ4n) is 6.44. The van der Waals surface area contributed by atoms with Crippen molar-refractivity contribution in [1.29, 1.82) is 0 Å². The number of piperazine rings is 1. The zero-order valence-corrected chi connectivity index (χ0v) is 22.9. The molecule has 0 unspecified atom stereocenters. The molecule has 3 aliphatic heterocycles. The summed E-state index contributed by atoms with van der Waals surface area (Å²) < 4.78 is 26.9. The summed E-state index contributed by atoms with van der Waals surface area (Å²) in [5.74, 6) is -0.110. The van der Waals surface area contributed by atoms with Crippen molar-refractivity contribution in [3.63, 3.8) is 0 Å². The number of amides is 1. The van der Waals surface area contributed by atoms with Gasteiger partial charge in [-0.1, -0.05) is 18.2 Å². The summed E-state index contributed by atoms with van der Waals surface area (Å²) in [6, 6.07) is 8.87. The van der Waals surface area contributed by atoms with Gasteiger partial charge in [0.05, 0.1) is 17.9 Å². The number of aliphatic hydroxyl groups excluding tert-OH is 1. The van der Waals surface area contributed by atoms with Gasteiger partial charge in [0.25, 0.3) is 5.91 Å². The van der Waals surface area contributed by atoms with Crippen LogP contribution in [0.25, 0.3) is 10.9 Å². The second-order valence-electron chi connectivity index (χ2n) is 11.2. The number of rotatable bonds is 8. The lowest BCUT2D eigenvalue weighted by atomic mass is 9.96. The quantitative estimate of drug-likeness (QED) is 0.527. The fourth-order valence-corrected chi connectivity index (χ4v) is 7.26. The first-order chi connectivity index (χ1) is 17.6. The Labute approximate surface area is 219 Å². The number of benzene rings is 1. The molecule has 37 heavy (non-hydrogen) atoms. The molecule has 204 valence electrons. The van der Waals surface area contributed by atoms with Gasteiger partial charge in [-0.15, -0.1) is 0 Å². The van der Waals surface area contributed by atoms with Crippen molar-refractivity contribution >= 4 is 26.8 Å². The van der Waals surface area contributed by atoms with E-state index in [1.807, 2.05) is 28.9 Å². The van der Waals surface area contributed by atoms with Crippen LogP contribution in [0.5, 0.6) is 0 Å². The van der Waals surface area contributed by atoms with E-state index in [-0.39, 0.29) is 18.0 Å². The van der Waals surface area contributed by atoms with Gasteiger partial charge in [-0.3, -0.25) is 19.3 Å². The minimum atomic E-state index is -3.15. The van der Waals surface area contributed by atoms with Gasteiger partial charge in [-0.05, 0) is 45.6 Å². The highest BCUT2D eigenvalue weighted by molar-refractivity contribution is 7.88. The van der Waals surface area contributed by atoms with Crippen LogP contribution in [0.3, 0.4) is 0 Å². The third kappa shape index (κ3) is 5.70. The van der Waals surface area contributed by atoms with Crippen molar-refractivity contribution < 1.29 is 18.3 Å². The van der Waals surface area contributed by atoms with Crippen LogP contribution in [0.1, 0.15) is 56.1 Å². The first-order valence-corrected chi connectivity index (χ1v) is 15.3. The molecule has 4 heterocycles. The average molecular weight is 533 g/mol. The molecule has 0 saturated carbocycles. The molecular formula is C26H40N6O4S. The molecule has 11 heteroatoms. The highest BCUT2D eigenvalue weighted by Crippen LogP contribution is 2.36. The van der Waals surface area contributed by atoms with E-state index < -0.39 is 16.1 Å². The normalized spacial score (nSPS) is 26.7. The summed E-state index contributed by atoms with van der Waals surface area (Å²) in [7, 11) is -3.15. The molecular weight excluding hydrogens is 492 g/mol. The number of aromatic nitrogens is 2. The maximum Gasteiger partial charge on any atom is 0.272 e. The molecule has 1 aromatic carbocycles. The van der Waals surface area contributed by atoms with Gasteiger partial charge in [0.2, 0.25) is 10.0 Å². The smallest absolute Gasteiger partial charge is 0.272 e. The van der Waals surface area contributed by atoms with E-state index in [0.717, 1.165) is 36.6 Å². The van der Waals surface area contributed by atoms with E-state index >= 15 is 0 Å². The Balaban J connectivity index is 1.15. The summed E-state index contributed by atoms with van der Waals surface area (Å²) >= 11 is 0. The highest BCUT2D eigenvalue weighted by Gasteiger charge is 2.42. The third-order valence-electron chi connectivity index (χ3n) is 8.23. The number of sulfonamides is 1. The third-order valence-corrected chi connectivity index (χ3v) is 9.53. The number of aliphatic hydroxyl groups is 1. The van der Waals surface area contributed by atoms with Crippen LogP contribution < -0.4 is 5.32 Å². The zero-order valence-electron chi connectivity index (χ0n) is 22.1. The van der Waals surface area contributed by atoms with Crippen LogP contribution in [-0.2, 0) is 10.0 Å². The number of hydrogen-bond acceptors (Lipinski definition) is 7. The summed E-state index contributed by atoms with van der Waals surface area (Å²) in [5, 5.41) is 19.7. The van der Waals surface area contributed by atoms with Crippen LogP contribution in [0, 0.1) is 0 Å². The molecule has 0 spiro atoms. The molecule has 10 nitrogen and oxygen atoms in total. The first kappa shape index (κ1) is 26.6. The average Bonchev–Trinajstić information content (AvgIpc) is 3.33. The molecule has 1 aromatic heterocycles. The molecule has 2 bridgehead atoms. The number of fused-ring (bicyclic) bond motifs is 3. The van der Waals surface area contributed by atoms with Gasteiger partial charge >= 0.3 is 0 Å². The SMILES string of the molecule is CC(C)n1nc(C(=O)N[C@@H]2C[C@H]3CC[C@@H](C2)N3C[C@H](O)CN2CCN(S(C)(=O)=O)CC2)c2ccccc21. The van der Waals surface area contributed by atoms with Crippen LogP contribution >= 0.6 is 0 Å². The number of carbonyl (C=O) groups excluding carboxylic acids is 1. The molecule has 3 aliphatic rings. The monoisotopic (exact) mass is 532 g/mol. The van der Waals surface area contributed by atoms with Crippen LogP contribution in [0.2, 0.25) is 0 Å². The maximum atomic E-state index is 13.3. The fraction of sp³-hybridized carbons (Fsp3) is 0.692. The number of β-amino-alcohol motifs (C(OH)–C–C–N with tert-alkyl or cyclic N) is 1. The second kappa shape index (κ2) is 10.6. The lowest BCUT2D eigenvalue weighted by molar-refractivity contribution is 0.0276. The van der Waals surface area contributed by atoms with E-state index in [1.54, 1.807) is 0 Å². The predicted octanol–water partition coefficient (Wildman–Crippen LogP) is 1.28. The largest absolute Gasteiger partial charge is 0.390 e. The number of piperidine rings is 1. The van der Waals surface area contributed by atoms with E-state index in [0.29, 0.717) is 57.0 Å². The molecule has 2 N–H and O–H groups in total. The molecule has 0 radical (unpaired) electrons. The summed E-state index contributed by atoms with van der Waals surface area (Å²) in [6.07, 6.45) is 4.70. The Hall–Kier alpha value is -2.05. The van der Waals surface area contributed by atoms with Crippen molar-refractivity contribution in [2.75, 3.05) is 45.5 Å². The standard InChI is InChI=1S/C26H40N6O4S/c1-18(2)32-24-7-5-4-6-23(24)25(28-32)26(34)27-19-14-20-8-9-21(15-19)31(20)17-22(33)16-29-10-12-30(13-11-29)37(3,35)36/h4-7,18-22,33H,8-17H2,1-3H3,(H,27,34)/t19-,20-,21+,22-/m1/s1. The van der Waals surface area contributed by atoms with Crippen LogP contribution in [0.4, 0.5) is 0 Å². The summed E-state index contributed by atoms with van der Waals surface area (Å²) in [5.41, 5.74) is 1.47. The van der Waals surface area contributed by atoms with Gasteiger partial charge in [-0.25, -0.2) is 8.42 Å². The number of carbonyl (C=O) groups is 1. The Morgan fingerprint density at radius 2 is 1.73 bits per heavy atom. The molecule has 3 fully saturated rings. The predicted molar refractivity (Wildman–Crippen MR) is 143 cm³/mol. The van der Waals surface area contributed by atoms with Crippen molar-refractivity contribution in [1.82, 2.24) is 29.2 Å². The maximum absolute atomic E-state index is 13.3. The van der Waals surface area contributed by atoms with Gasteiger partial charge in [0, 0.05) is 68.8 Å². The first-order valence-electron chi connectivity index (χ1n) is 13.5. The van der Waals surface area contributed by atoms with Crippen LogP contribution in [0.15, 0.2) is 24.3 Å². The van der Waals surface area contributed by atoms with E-state index in [2.05, 4.69) is 34.1 Å². The number of nitrogens with one attached hydrogen (secondary N) is 1. The minimum absolute atomic E-state index is 0.102. The Morgan fingerprint density at radius 1 is 1.08 bits per heavy atom. The topological polar surface area (TPSA) is 111 Å². The van der Waals surface area contributed by atoms with E-state index in [1.165, 1.54) is 10.6 Å². The molecule has 1 amide bonds. The second-order valence-corrected chi connectivity index (χ2v) is 13.2. The molecule has 5 rings (SSSR count). The Bertz CT molecular complexity index is 1210. The summed E-state index contributed by atoms with van der Waals surface area (Å²) in [6.45, 7) is 7.56. The molecule has 3 saturated heterocycles. The molecule has 2 aromatic rings. The Kier molecular flexibility index (Phi) is 7.61. The lowest BCUT2D eigenvalue weighted by Crippen LogP contribution is -2.54. The lowest BCUT2D eigenvalue weighted by Gasteiger charge is -2.41. The zero-order chi connectivity index (χ0) is 26.3. The van der Waals surface area contributed by atoms with Crippen molar-refractivity contribution in [3.05, 3.63) is 30.0 Å². The van der Waals surface area contributed by atoms with Gasteiger partial charge in [-0.2, -0.15) is 9.40 Å². The van der Waals surface area contributed by atoms with Crippen molar-refractivity contribution in [3.8, 4) is 0 Å². The van der Waals surface area contributed by atoms with E-state index in [9.17, 15) is 18.3 Å². The Morgan fingerprint density at radius 3 is 2.35 bits per heavy atom. The van der Waals surface area contributed by atoms with Gasteiger partial charge in [0.1, 0.15) is 0 Å². The van der Waals surface area contributed by atoms with Crippen molar-refractivity contribution in [2.45, 2.75) is 69.8 Å². The van der Waals surface area contributed by atoms with Crippen molar-refractivity contribution in [2.24, 2.45) is 0 Å². The minimum Gasteiger partial charge on any atom is -0.390 e. The van der Waals surface area contributed by atoms with Gasteiger partial charge in [0.15, 0.2) is 5.69 Å². The molecule has 4 atom stereocenters.